The molecule has 0 bridgehead atoms. The first-order chi connectivity index (χ1) is 7.90. The molecule has 1 fully saturated rings. The Labute approximate surface area is 110 Å². The Kier molecular flexibility index (Phi) is 6.41. The molecule has 1 aromatic rings. The maximum Gasteiger partial charge on any atom is 0.124 e. The lowest BCUT2D eigenvalue weighted by Crippen LogP contribution is -2.20. The van der Waals surface area contributed by atoms with E-state index in [1.807, 2.05) is 6.20 Å². The molecular weight excluding hydrogens is 234 g/mol. The Balaban J connectivity index is 0.00000144. The molecule has 0 radical (unpaired) electrons. The molecule has 0 unspecified atom stereocenters. The molecule has 17 heavy (non-hydrogen) atoms. The average Bonchev–Trinajstić information content (AvgIpc) is 2.56. The van der Waals surface area contributed by atoms with Gasteiger partial charge in [0.15, 0.2) is 0 Å². The summed E-state index contributed by atoms with van der Waals surface area (Å²) in [6.45, 7) is 3.21. The fraction of sp³-hybridized carbons (Fsp3) is 0.769. The van der Waals surface area contributed by atoms with Gasteiger partial charge in [-0.15, -0.1) is 12.4 Å². The van der Waals surface area contributed by atoms with E-state index >= 15 is 0 Å². The van der Waals surface area contributed by atoms with Gasteiger partial charge in [0.1, 0.15) is 5.82 Å². The maximum atomic E-state index is 4.35. The molecule has 1 aliphatic rings. The van der Waals surface area contributed by atoms with E-state index in [0.717, 1.165) is 13.0 Å². The SMILES string of the molecule is CCCn1nccc1NC1CCCCCC1.Cl. The Morgan fingerprint density at radius 1 is 1.29 bits per heavy atom. The standard InChI is InChI=1S/C13H23N3.ClH/c1-2-11-16-13(9-10-14-16)15-12-7-5-3-4-6-8-12;/h9-10,12,15H,2-8,11H2,1H3;1H. The summed E-state index contributed by atoms with van der Waals surface area (Å²) in [6.07, 6.45) is 11.2. The minimum atomic E-state index is 0. The topological polar surface area (TPSA) is 29.9 Å². The quantitative estimate of drug-likeness (QED) is 0.831. The number of rotatable bonds is 4. The number of hydrogen-bond donors (Lipinski definition) is 1. The zero-order valence-electron chi connectivity index (χ0n) is 10.7. The van der Waals surface area contributed by atoms with Crippen molar-refractivity contribution < 1.29 is 0 Å². The second-order valence-corrected chi connectivity index (χ2v) is 4.77. The number of nitrogens with one attached hydrogen (secondary N) is 1. The highest BCUT2D eigenvalue weighted by Crippen LogP contribution is 2.21. The lowest BCUT2D eigenvalue weighted by Gasteiger charge is -2.18. The molecule has 1 aliphatic carbocycles. The van der Waals surface area contributed by atoms with Gasteiger partial charge in [0.05, 0.1) is 6.20 Å². The molecule has 1 saturated carbocycles. The van der Waals surface area contributed by atoms with Gasteiger partial charge in [0, 0.05) is 18.7 Å². The molecule has 3 nitrogen and oxygen atoms in total. The summed E-state index contributed by atoms with van der Waals surface area (Å²) in [7, 11) is 0. The van der Waals surface area contributed by atoms with E-state index in [2.05, 4.69) is 28.1 Å². The number of halogens is 1. The van der Waals surface area contributed by atoms with Crippen LogP contribution in [0.3, 0.4) is 0 Å². The van der Waals surface area contributed by atoms with Gasteiger partial charge in [-0.25, -0.2) is 4.68 Å². The summed E-state index contributed by atoms with van der Waals surface area (Å²) in [5, 5.41) is 8.00. The number of hydrogen-bond acceptors (Lipinski definition) is 2. The van der Waals surface area contributed by atoms with E-state index in [0.29, 0.717) is 6.04 Å². The summed E-state index contributed by atoms with van der Waals surface area (Å²) < 4.78 is 2.09. The van der Waals surface area contributed by atoms with Crippen LogP contribution in [0.15, 0.2) is 12.3 Å². The first-order valence-corrected chi connectivity index (χ1v) is 6.68. The van der Waals surface area contributed by atoms with E-state index in [1.54, 1.807) is 0 Å². The van der Waals surface area contributed by atoms with Gasteiger partial charge in [-0.3, -0.25) is 0 Å². The monoisotopic (exact) mass is 257 g/mol. The van der Waals surface area contributed by atoms with Gasteiger partial charge in [0.2, 0.25) is 0 Å². The van der Waals surface area contributed by atoms with Crippen molar-refractivity contribution in [2.75, 3.05) is 5.32 Å². The zero-order valence-corrected chi connectivity index (χ0v) is 11.5. The molecule has 1 aromatic heterocycles. The lowest BCUT2D eigenvalue weighted by molar-refractivity contribution is 0.577. The molecule has 0 spiro atoms. The van der Waals surface area contributed by atoms with Crippen molar-refractivity contribution in [3.05, 3.63) is 12.3 Å². The molecule has 0 aliphatic heterocycles. The van der Waals surface area contributed by atoms with Gasteiger partial charge >= 0.3 is 0 Å². The summed E-state index contributed by atoms with van der Waals surface area (Å²) in [4.78, 5) is 0. The minimum absolute atomic E-state index is 0. The van der Waals surface area contributed by atoms with Crippen molar-refractivity contribution in [3.63, 3.8) is 0 Å². The normalized spacial score (nSPS) is 17.2. The molecule has 0 aromatic carbocycles. The van der Waals surface area contributed by atoms with Crippen LogP contribution < -0.4 is 5.32 Å². The smallest absolute Gasteiger partial charge is 0.124 e. The zero-order chi connectivity index (χ0) is 11.2. The second kappa shape index (κ2) is 7.59. The van der Waals surface area contributed by atoms with Crippen LogP contribution in [0, 0.1) is 0 Å². The van der Waals surface area contributed by atoms with Gasteiger partial charge in [0.25, 0.3) is 0 Å². The third-order valence-corrected chi connectivity index (χ3v) is 3.36. The van der Waals surface area contributed by atoms with Gasteiger partial charge in [-0.05, 0) is 19.3 Å². The van der Waals surface area contributed by atoms with Crippen LogP contribution in [-0.4, -0.2) is 15.8 Å². The van der Waals surface area contributed by atoms with E-state index in [9.17, 15) is 0 Å². The van der Waals surface area contributed by atoms with Crippen LogP contribution in [0.5, 0.6) is 0 Å². The summed E-state index contributed by atoms with van der Waals surface area (Å²) in [5.74, 6) is 1.20. The van der Waals surface area contributed by atoms with E-state index < -0.39 is 0 Å². The third kappa shape index (κ3) is 4.23. The first kappa shape index (κ1) is 14.4. The van der Waals surface area contributed by atoms with Crippen LogP contribution in [0.25, 0.3) is 0 Å². The van der Waals surface area contributed by atoms with Crippen LogP contribution >= 0.6 is 12.4 Å². The first-order valence-electron chi connectivity index (χ1n) is 6.68. The van der Waals surface area contributed by atoms with Crippen LogP contribution in [0.1, 0.15) is 51.9 Å². The van der Waals surface area contributed by atoms with Crippen molar-refractivity contribution in [1.82, 2.24) is 9.78 Å². The number of aromatic nitrogens is 2. The highest BCUT2D eigenvalue weighted by Gasteiger charge is 2.13. The molecule has 1 heterocycles. The summed E-state index contributed by atoms with van der Waals surface area (Å²) in [5.41, 5.74) is 0. The highest BCUT2D eigenvalue weighted by molar-refractivity contribution is 5.85. The number of aryl methyl sites for hydroxylation is 1. The minimum Gasteiger partial charge on any atom is -0.368 e. The molecule has 0 saturated heterocycles. The largest absolute Gasteiger partial charge is 0.368 e. The Morgan fingerprint density at radius 2 is 2.00 bits per heavy atom. The van der Waals surface area contributed by atoms with E-state index in [-0.39, 0.29) is 12.4 Å². The number of anilines is 1. The predicted octanol–water partition coefficient (Wildman–Crippen LogP) is 3.85. The summed E-state index contributed by atoms with van der Waals surface area (Å²) >= 11 is 0. The maximum absolute atomic E-state index is 4.35. The van der Waals surface area contributed by atoms with Gasteiger partial charge < -0.3 is 5.32 Å². The molecule has 1 N–H and O–H groups in total. The van der Waals surface area contributed by atoms with Crippen LogP contribution in [0.2, 0.25) is 0 Å². The highest BCUT2D eigenvalue weighted by atomic mass is 35.5. The van der Waals surface area contributed by atoms with E-state index in [4.69, 9.17) is 0 Å². The fourth-order valence-corrected chi connectivity index (χ4v) is 2.48. The molecule has 0 amide bonds. The van der Waals surface area contributed by atoms with Crippen molar-refractivity contribution in [2.45, 2.75) is 64.5 Å². The van der Waals surface area contributed by atoms with Crippen molar-refractivity contribution in [3.8, 4) is 0 Å². The van der Waals surface area contributed by atoms with E-state index in [1.165, 1.54) is 44.3 Å². The Hall–Kier alpha value is -0.700. The van der Waals surface area contributed by atoms with Gasteiger partial charge in [-0.1, -0.05) is 32.6 Å². The van der Waals surface area contributed by atoms with Crippen LogP contribution in [0.4, 0.5) is 5.82 Å². The molecule has 0 atom stereocenters. The van der Waals surface area contributed by atoms with Gasteiger partial charge in [-0.2, -0.15) is 5.10 Å². The summed E-state index contributed by atoms with van der Waals surface area (Å²) in [6, 6.07) is 2.76. The number of nitrogens with zero attached hydrogens (tertiary/aromatic N) is 2. The molecule has 4 heteroatoms. The molecular formula is C13H24ClN3. The molecule has 2 rings (SSSR count). The second-order valence-electron chi connectivity index (χ2n) is 4.77. The fourth-order valence-electron chi connectivity index (χ4n) is 2.48. The predicted molar refractivity (Wildman–Crippen MR) is 74.9 cm³/mol. The third-order valence-electron chi connectivity index (χ3n) is 3.36. The lowest BCUT2D eigenvalue weighted by atomic mass is 10.1. The Morgan fingerprint density at radius 3 is 2.65 bits per heavy atom. The van der Waals surface area contributed by atoms with Crippen LogP contribution in [-0.2, 0) is 6.54 Å². The Bertz CT molecular complexity index is 303. The van der Waals surface area contributed by atoms with Crippen molar-refractivity contribution in [2.24, 2.45) is 0 Å². The van der Waals surface area contributed by atoms with Crippen molar-refractivity contribution in [1.29, 1.82) is 0 Å². The van der Waals surface area contributed by atoms with Crippen molar-refractivity contribution >= 4 is 18.2 Å². The average molecular weight is 258 g/mol. The molecule has 98 valence electrons.